The van der Waals surface area contributed by atoms with Crippen molar-refractivity contribution in [3.05, 3.63) is 34.3 Å². The van der Waals surface area contributed by atoms with Crippen molar-refractivity contribution in [2.75, 3.05) is 18.8 Å². The number of nitrogens with one attached hydrogen (secondary N) is 1. The maximum absolute atomic E-state index is 12.1. The molecule has 0 radical (unpaired) electrons. The maximum Gasteiger partial charge on any atom is 0.281 e. The van der Waals surface area contributed by atoms with Gasteiger partial charge in [0.15, 0.2) is 0 Å². The third kappa shape index (κ3) is 4.74. The fourth-order valence-corrected chi connectivity index (χ4v) is 3.36. The van der Waals surface area contributed by atoms with Crippen LogP contribution in [0, 0.1) is 0 Å². The second-order valence-corrected chi connectivity index (χ2v) is 6.89. The Morgan fingerprint density at radius 2 is 2.14 bits per heavy atom. The predicted octanol–water partition coefficient (Wildman–Crippen LogP) is 3.58. The number of nitrogens with zero attached hydrogens (tertiary/aromatic N) is 1. The third-order valence-corrected chi connectivity index (χ3v) is 4.89. The molecule has 0 aromatic heterocycles. The van der Waals surface area contributed by atoms with Crippen molar-refractivity contribution in [3.63, 3.8) is 0 Å². The monoisotopic (exact) mass is 370 g/mol. The van der Waals surface area contributed by atoms with E-state index in [1.807, 2.05) is 31.2 Å². The molecule has 0 aliphatic carbocycles. The van der Waals surface area contributed by atoms with E-state index >= 15 is 0 Å². The van der Waals surface area contributed by atoms with Gasteiger partial charge in [0.05, 0.1) is 6.04 Å². The largest absolute Gasteiger partial charge is 0.349 e. The zero-order valence-corrected chi connectivity index (χ0v) is 14.4. The summed E-state index contributed by atoms with van der Waals surface area (Å²) in [6.45, 7) is 3.31. The lowest BCUT2D eigenvalue weighted by atomic mass is 10.0. The summed E-state index contributed by atoms with van der Waals surface area (Å²) in [6.07, 6.45) is 1.20. The molecule has 2 amide bonds. The Bertz CT molecular complexity index is 507. The van der Waals surface area contributed by atoms with Crippen LogP contribution in [0.1, 0.15) is 31.4 Å². The van der Waals surface area contributed by atoms with E-state index in [-0.39, 0.29) is 17.2 Å². The number of halogens is 1. The molecule has 1 aliphatic rings. The van der Waals surface area contributed by atoms with E-state index in [0.29, 0.717) is 13.0 Å². The van der Waals surface area contributed by atoms with Crippen molar-refractivity contribution in [2.24, 2.45) is 0 Å². The van der Waals surface area contributed by atoms with Crippen molar-refractivity contribution in [1.82, 2.24) is 10.2 Å². The molecule has 0 unspecified atom stereocenters. The molecule has 4 nitrogen and oxygen atoms in total. The number of carbonyl (C=O) groups is 2. The molecule has 6 heteroatoms. The Kier molecular flexibility index (Phi) is 6.11. The number of amides is 2. The van der Waals surface area contributed by atoms with Crippen molar-refractivity contribution in [2.45, 2.75) is 25.8 Å². The van der Waals surface area contributed by atoms with Crippen LogP contribution >= 0.6 is 27.7 Å². The van der Waals surface area contributed by atoms with E-state index in [1.165, 1.54) is 11.8 Å². The van der Waals surface area contributed by atoms with Crippen molar-refractivity contribution in [3.8, 4) is 0 Å². The molecule has 21 heavy (non-hydrogen) atoms. The van der Waals surface area contributed by atoms with Crippen LogP contribution < -0.4 is 5.32 Å². The van der Waals surface area contributed by atoms with Gasteiger partial charge in [0.1, 0.15) is 0 Å². The average molecular weight is 371 g/mol. The molecule has 0 spiro atoms. The van der Waals surface area contributed by atoms with E-state index in [9.17, 15) is 9.59 Å². The third-order valence-electron chi connectivity index (χ3n) is 3.47. The van der Waals surface area contributed by atoms with Crippen LogP contribution in [0.15, 0.2) is 28.7 Å². The number of hydrogen-bond donors (Lipinski definition) is 1. The molecule has 1 heterocycles. The molecule has 1 aliphatic heterocycles. The van der Waals surface area contributed by atoms with Crippen LogP contribution in [-0.4, -0.2) is 34.9 Å². The van der Waals surface area contributed by atoms with Crippen LogP contribution in [0.25, 0.3) is 0 Å². The lowest BCUT2D eigenvalue weighted by Crippen LogP contribution is -2.33. The summed E-state index contributed by atoms with van der Waals surface area (Å²) >= 11 is 4.73. The van der Waals surface area contributed by atoms with E-state index in [0.717, 1.165) is 28.8 Å². The lowest BCUT2D eigenvalue weighted by molar-refractivity contribution is -0.122. The Morgan fingerprint density at radius 3 is 2.71 bits per heavy atom. The molecule has 2 rings (SSSR count). The first-order valence-electron chi connectivity index (χ1n) is 7.06. The highest BCUT2D eigenvalue weighted by atomic mass is 79.9. The zero-order valence-electron chi connectivity index (χ0n) is 12.0. The van der Waals surface area contributed by atoms with Gasteiger partial charge >= 0.3 is 0 Å². The second kappa shape index (κ2) is 7.84. The molecule has 114 valence electrons. The summed E-state index contributed by atoms with van der Waals surface area (Å²) in [5.74, 6) is 0.825. The number of hydrogen-bond acceptors (Lipinski definition) is 3. The van der Waals surface area contributed by atoms with Crippen molar-refractivity contribution < 1.29 is 9.59 Å². The summed E-state index contributed by atoms with van der Waals surface area (Å²) in [5, 5.41) is 3.13. The van der Waals surface area contributed by atoms with Gasteiger partial charge < -0.3 is 10.2 Å². The number of thioether (sulfide) groups is 1. The van der Waals surface area contributed by atoms with Gasteiger partial charge in [-0.15, -0.1) is 0 Å². The molecule has 1 aromatic rings. The molecule has 0 saturated carbocycles. The Balaban J connectivity index is 1.84. The molecule has 1 atom stereocenters. The van der Waals surface area contributed by atoms with Crippen LogP contribution in [-0.2, 0) is 4.79 Å². The van der Waals surface area contributed by atoms with E-state index < -0.39 is 0 Å². The summed E-state index contributed by atoms with van der Waals surface area (Å²) < 4.78 is 1.03. The Hall–Kier alpha value is -1.01. The minimum atomic E-state index is -0.00512. The summed E-state index contributed by atoms with van der Waals surface area (Å²) in [4.78, 5) is 25.3. The van der Waals surface area contributed by atoms with Gasteiger partial charge in [0, 0.05) is 29.7 Å². The SMILES string of the molecule is CC[C@H](NC(=O)CCN1CCSC1=O)c1ccc(Br)cc1. The summed E-state index contributed by atoms with van der Waals surface area (Å²) in [5.41, 5.74) is 1.10. The highest BCUT2D eigenvalue weighted by Gasteiger charge is 2.22. The smallest absolute Gasteiger partial charge is 0.281 e. The van der Waals surface area contributed by atoms with Gasteiger partial charge in [0.25, 0.3) is 5.24 Å². The summed E-state index contributed by atoms with van der Waals surface area (Å²) in [7, 11) is 0. The van der Waals surface area contributed by atoms with Gasteiger partial charge in [-0.3, -0.25) is 9.59 Å². The fourth-order valence-electron chi connectivity index (χ4n) is 2.25. The average Bonchev–Trinajstić information content (AvgIpc) is 2.89. The molecular weight excluding hydrogens is 352 g/mol. The second-order valence-electron chi connectivity index (χ2n) is 4.93. The van der Waals surface area contributed by atoms with E-state index in [4.69, 9.17) is 0 Å². The first-order valence-corrected chi connectivity index (χ1v) is 8.84. The normalized spacial score (nSPS) is 16.1. The Morgan fingerprint density at radius 1 is 1.43 bits per heavy atom. The molecule has 1 N–H and O–H groups in total. The molecule has 1 saturated heterocycles. The molecule has 0 bridgehead atoms. The van der Waals surface area contributed by atoms with Crippen molar-refractivity contribution in [1.29, 1.82) is 0 Å². The minimum absolute atomic E-state index is 0.00512. The highest BCUT2D eigenvalue weighted by Crippen LogP contribution is 2.20. The molecular formula is C15H19BrN2O2S. The van der Waals surface area contributed by atoms with Gasteiger partial charge in [-0.2, -0.15) is 0 Å². The van der Waals surface area contributed by atoms with E-state index in [2.05, 4.69) is 21.2 Å². The van der Waals surface area contributed by atoms with Gasteiger partial charge in [-0.25, -0.2) is 0 Å². The number of carbonyl (C=O) groups excluding carboxylic acids is 2. The minimum Gasteiger partial charge on any atom is -0.349 e. The van der Waals surface area contributed by atoms with Gasteiger partial charge in [-0.05, 0) is 24.1 Å². The standard InChI is InChI=1S/C15H19BrN2O2S/c1-2-13(11-3-5-12(16)6-4-11)17-14(19)7-8-18-9-10-21-15(18)20/h3-6,13H,2,7-10H2,1H3,(H,17,19)/t13-/m0/s1. The van der Waals surface area contributed by atoms with Crippen LogP contribution in [0.4, 0.5) is 4.79 Å². The topological polar surface area (TPSA) is 49.4 Å². The van der Waals surface area contributed by atoms with Crippen molar-refractivity contribution >= 4 is 38.8 Å². The predicted molar refractivity (Wildman–Crippen MR) is 89.4 cm³/mol. The zero-order chi connectivity index (χ0) is 15.2. The number of rotatable bonds is 6. The number of benzene rings is 1. The first-order chi connectivity index (χ1) is 10.1. The first kappa shape index (κ1) is 16.4. The van der Waals surface area contributed by atoms with Crippen LogP contribution in [0.3, 0.4) is 0 Å². The van der Waals surface area contributed by atoms with Gasteiger partial charge in [-0.1, -0.05) is 46.7 Å². The fraction of sp³-hybridized carbons (Fsp3) is 0.467. The van der Waals surface area contributed by atoms with Gasteiger partial charge in [0.2, 0.25) is 5.91 Å². The van der Waals surface area contributed by atoms with Crippen LogP contribution in [0.5, 0.6) is 0 Å². The van der Waals surface area contributed by atoms with Crippen LogP contribution in [0.2, 0.25) is 0 Å². The highest BCUT2D eigenvalue weighted by molar-refractivity contribution is 9.10. The lowest BCUT2D eigenvalue weighted by Gasteiger charge is -2.19. The molecule has 1 fully saturated rings. The van der Waals surface area contributed by atoms with E-state index in [1.54, 1.807) is 4.90 Å². The summed E-state index contributed by atoms with van der Waals surface area (Å²) in [6, 6.07) is 8.00. The maximum atomic E-state index is 12.1. The quantitative estimate of drug-likeness (QED) is 0.832. The molecule has 1 aromatic carbocycles. The Labute approximate surface area is 137 Å².